The summed E-state index contributed by atoms with van der Waals surface area (Å²) in [6.45, 7) is 24.4. The smallest absolute Gasteiger partial charge is 0.183 e. The van der Waals surface area contributed by atoms with Gasteiger partial charge < -0.3 is 4.43 Å². The predicted molar refractivity (Wildman–Crippen MR) is 149 cm³/mol. The van der Waals surface area contributed by atoms with E-state index in [0.29, 0.717) is 34.7 Å². The Kier molecular flexibility index (Phi) is 10.4. The zero-order valence-corrected chi connectivity index (χ0v) is 24.9. The fourth-order valence-electron chi connectivity index (χ4n) is 6.03. The van der Waals surface area contributed by atoms with E-state index in [0.717, 1.165) is 19.4 Å². The molecule has 3 nitrogen and oxygen atoms in total. The molecule has 0 amide bonds. The highest BCUT2D eigenvalue weighted by molar-refractivity contribution is 6.69. The maximum atomic E-state index is 6.18. The van der Waals surface area contributed by atoms with Crippen LogP contribution < -0.4 is 0 Å². The summed E-state index contributed by atoms with van der Waals surface area (Å²) in [4.78, 5) is 10.9. The molecule has 0 bridgehead atoms. The lowest BCUT2D eigenvalue weighted by Crippen LogP contribution is -2.36. The zero-order valence-electron chi connectivity index (χ0n) is 23.9. The second kappa shape index (κ2) is 12.0. The predicted octanol–water partition coefficient (Wildman–Crippen LogP) is 8.73. The minimum absolute atomic E-state index is 0.312. The van der Waals surface area contributed by atoms with Gasteiger partial charge in [-0.25, -0.2) is 0 Å². The molecule has 0 spiro atoms. The second-order valence-corrected chi connectivity index (χ2v) is 18.5. The average Bonchev–Trinajstić information content (AvgIpc) is 2.68. The van der Waals surface area contributed by atoms with Gasteiger partial charge in [0.2, 0.25) is 0 Å². The van der Waals surface area contributed by atoms with Gasteiger partial charge in [0.05, 0.1) is 23.5 Å². The number of nitrogens with zero attached hydrogens (tertiary/aromatic N) is 2. The van der Waals surface area contributed by atoms with E-state index in [9.17, 15) is 0 Å². The third-order valence-corrected chi connectivity index (χ3v) is 8.95. The van der Waals surface area contributed by atoms with E-state index in [-0.39, 0.29) is 0 Å². The third kappa shape index (κ3) is 9.59. The van der Waals surface area contributed by atoms with Gasteiger partial charge in [-0.2, -0.15) is 0 Å². The minimum Gasteiger partial charge on any atom is -0.418 e. The maximum Gasteiger partial charge on any atom is 0.183 e. The monoisotopic (exact) mass is 476 g/mol. The molecule has 0 saturated heterocycles. The molecule has 4 heteroatoms. The van der Waals surface area contributed by atoms with Gasteiger partial charge in [0.25, 0.3) is 0 Å². The van der Waals surface area contributed by atoms with Crippen LogP contribution in [0.5, 0.6) is 0 Å². The van der Waals surface area contributed by atoms with Gasteiger partial charge in [-0.15, -0.1) is 0 Å². The van der Waals surface area contributed by atoms with Crippen molar-refractivity contribution < 1.29 is 4.43 Å². The molecule has 0 aliphatic heterocycles. The van der Waals surface area contributed by atoms with Crippen molar-refractivity contribution in [2.75, 3.05) is 6.61 Å². The van der Waals surface area contributed by atoms with E-state index >= 15 is 0 Å². The molecule has 33 heavy (non-hydrogen) atoms. The molecule has 192 valence electrons. The number of rotatable bonds is 8. The number of hydrogen-bond donors (Lipinski definition) is 0. The van der Waals surface area contributed by atoms with E-state index in [1.54, 1.807) is 0 Å². The molecule has 2 fully saturated rings. The SMILES string of the molecule is CC(=NC1CCCCC1C(C)(C)C)C(CCCO[Si](C)(C)C)=NC1CCCCC1C(C)(C)C. The van der Waals surface area contributed by atoms with Gasteiger partial charge in [-0.05, 0) is 87.8 Å². The van der Waals surface area contributed by atoms with Crippen molar-refractivity contribution in [3.63, 3.8) is 0 Å². The van der Waals surface area contributed by atoms with Crippen molar-refractivity contribution in [2.45, 2.75) is 144 Å². The fourth-order valence-corrected chi connectivity index (χ4v) is 6.79. The molecule has 0 heterocycles. The van der Waals surface area contributed by atoms with Gasteiger partial charge in [0.15, 0.2) is 8.32 Å². The molecule has 2 saturated carbocycles. The highest BCUT2D eigenvalue weighted by atomic mass is 28.4. The van der Waals surface area contributed by atoms with Crippen molar-refractivity contribution in [1.82, 2.24) is 0 Å². The number of aliphatic imine (C=N–C) groups is 2. The lowest BCUT2D eigenvalue weighted by atomic mass is 9.69. The highest BCUT2D eigenvalue weighted by Gasteiger charge is 2.36. The van der Waals surface area contributed by atoms with E-state index < -0.39 is 8.32 Å². The Morgan fingerprint density at radius 1 is 0.758 bits per heavy atom. The summed E-state index contributed by atoms with van der Waals surface area (Å²) in [7, 11) is -1.47. The van der Waals surface area contributed by atoms with Crippen molar-refractivity contribution in [3.8, 4) is 0 Å². The molecular weight excluding hydrogens is 420 g/mol. The molecule has 2 aliphatic carbocycles. The van der Waals surface area contributed by atoms with Crippen LogP contribution in [-0.4, -0.2) is 38.4 Å². The minimum atomic E-state index is -1.47. The standard InChI is InChI=1S/C29H56N2OSi/c1-22(30-26-18-13-11-16-23(26)28(2,3)4)25(20-15-21-32-33(8,9)10)31-27-19-14-12-17-24(27)29(5,6)7/h23-24,26-27H,11-21H2,1-10H3. The summed E-state index contributed by atoms with van der Waals surface area (Å²) < 4.78 is 6.18. The quantitative estimate of drug-likeness (QED) is 0.196. The number of hydrogen-bond acceptors (Lipinski definition) is 3. The summed E-state index contributed by atoms with van der Waals surface area (Å²) in [6.07, 6.45) is 12.5. The Bertz CT molecular complexity index is 663. The molecule has 0 N–H and O–H groups in total. The van der Waals surface area contributed by atoms with Crippen LogP contribution in [0.15, 0.2) is 9.98 Å². The van der Waals surface area contributed by atoms with Crippen LogP contribution in [0.2, 0.25) is 19.6 Å². The van der Waals surface area contributed by atoms with Crippen LogP contribution in [0.3, 0.4) is 0 Å². The van der Waals surface area contributed by atoms with Gasteiger partial charge in [-0.3, -0.25) is 9.98 Å². The first-order valence-electron chi connectivity index (χ1n) is 13.9. The first-order chi connectivity index (χ1) is 15.2. The largest absolute Gasteiger partial charge is 0.418 e. The molecule has 0 aromatic heterocycles. The average molecular weight is 477 g/mol. The first kappa shape index (κ1) is 28.8. The highest BCUT2D eigenvalue weighted by Crippen LogP contribution is 2.41. The summed E-state index contributed by atoms with van der Waals surface area (Å²) in [5.41, 5.74) is 3.11. The van der Waals surface area contributed by atoms with E-state index in [4.69, 9.17) is 14.4 Å². The molecule has 2 aliphatic rings. The lowest BCUT2D eigenvalue weighted by molar-refractivity contribution is 0.153. The molecule has 2 rings (SSSR count). The zero-order chi connectivity index (χ0) is 24.9. The van der Waals surface area contributed by atoms with E-state index in [2.05, 4.69) is 68.1 Å². The Balaban J connectivity index is 2.28. The Labute approximate surface area is 207 Å². The maximum absolute atomic E-state index is 6.18. The van der Waals surface area contributed by atoms with Gasteiger partial charge in [-0.1, -0.05) is 67.2 Å². The van der Waals surface area contributed by atoms with Crippen LogP contribution in [0.1, 0.15) is 113 Å². The van der Waals surface area contributed by atoms with Crippen molar-refractivity contribution >= 4 is 19.7 Å². The molecule has 0 aromatic rings. The van der Waals surface area contributed by atoms with E-state index in [1.165, 1.54) is 62.8 Å². The van der Waals surface area contributed by atoms with Gasteiger partial charge in [0, 0.05) is 6.61 Å². The normalized spacial score (nSPS) is 28.8. The van der Waals surface area contributed by atoms with Crippen molar-refractivity contribution in [1.29, 1.82) is 0 Å². The van der Waals surface area contributed by atoms with Gasteiger partial charge in [0.1, 0.15) is 0 Å². The van der Waals surface area contributed by atoms with Crippen LogP contribution in [0.25, 0.3) is 0 Å². The summed E-state index contributed by atoms with van der Waals surface area (Å²) >= 11 is 0. The summed E-state index contributed by atoms with van der Waals surface area (Å²) in [6, 6.07) is 0.897. The van der Waals surface area contributed by atoms with Crippen LogP contribution >= 0.6 is 0 Å². The fraction of sp³-hybridized carbons (Fsp3) is 0.931. The Hall–Kier alpha value is -0.483. The summed E-state index contributed by atoms with van der Waals surface area (Å²) in [5.74, 6) is 1.35. The molecule has 4 unspecified atom stereocenters. The van der Waals surface area contributed by atoms with Crippen molar-refractivity contribution in [3.05, 3.63) is 0 Å². The topological polar surface area (TPSA) is 34.0 Å². The Morgan fingerprint density at radius 3 is 1.67 bits per heavy atom. The molecule has 4 atom stereocenters. The first-order valence-corrected chi connectivity index (χ1v) is 17.3. The van der Waals surface area contributed by atoms with E-state index in [1.807, 2.05) is 0 Å². The summed E-state index contributed by atoms with van der Waals surface area (Å²) in [5, 5.41) is 0. The second-order valence-electron chi connectivity index (χ2n) is 14.0. The Morgan fingerprint density at radius 2 is 1.21 bits per heavy atom. The molecule has 0 radical (unpaired) electrons. The van der Waals surface area contributed by atoms with Crippen LogP contribution in [0.4, 0.5) is 0 Å². The van der Waals surface area contributed by atoms with Crippen molar-refractivity contribution in [2.24, 2.45) is 32.7 Å². The van der Waals surface area contributed by atoms with Gasteiger partial charge >= 0.3 is 0 Å². The molecule has 0 aromatic carbocycles. The van der Waals surface area contributed by atoms with Crippen LogP contribution in [0, 0.1) is 22.7 Å². The third-order valence-electron chi connectivity index (χ3n) is 7.88. The van der Waals surface area contributed by atoms with Crippen LogP contribution in [-0.2, 0) is 4.43 Å². The molecular formula is C29H56N2OSi. The lowest BCUT2D eigenvalue weighted by Gasteiger charge is -2.39.